The van der Waals surface area contributed by atoms with Crippen LogP contribution in [0.3, 0.4) is 0 Å². The van der Waals surface area contributed by atoms with E-state index in [1.165, 1.54) is 5.56 Å². The number of aromatic hydroxyl groups is 1. The highest BCUT2D eigenvalue weighted by molar-refractivity contribution is 6.30. The zero-order chi connectivity index (χ0) is 10.7. The van der Waals surface area contributed by atoms with Crippen LogP contribution in [0.5, 0.6) is 5.75 Å². The topological polar surface area (TPSA) is 20.2 Å². The summed E-state index contributed by atoms with van der Waals surface area (Å²) >= 11 is 5.76. The van der Waals surface area contributed by atoms with E-state index in [0.717, 1.165) is 12.0 Å². The first kappa shape index (κ1) is 10.1. The normalized spacial score (nSPS) is 10.2. The summed E-state index contributed by atoms with van der Waals surface area (Å²) in [6, 6.07) is 15.2. The van der Waals surface area contributed by atoms with Crippen LogP contribution in [0.2, 0.25) is 5.02 Å². The first-order chi connectivity index (χ1) is 7.25. The third-order valence-corrected chi connectivity index (χ3v) is 2.52. The maximum absolute atomic E-state index is 9.67. The Morgan fingerprint density at radius 1 is 1.00 bits per heavy atom. The molecule has 0 spiro atoms. The molecule has 0 radical (unpaired) electrons. The van der Waals surface area contributed by atoms with Gasteiger partial charge in [-0.25, -0.2) is 0 Å². The van der Waals surface area contributed by atoms with Gasteiger partial charge in [0, 0.05) is 11.4 Å². The number of phenols is 1. The summed E-state index contributed by atoms with van der Waals surface area (Å²) in [7, 11) is 0. The van der Waals surface area contributed by atoms with Gasteiger partial charge in [-0.1, -0.05) is 48.0 Å². The Kier molecular flexibility index (Phi) is 2.93. The molecule has 0 heterocycles. The molecule has 0 aliphatic rings. The summed E-state index contributed by atoms with van der Waals surface area (Å²) in [5, 5.41) is 10.2. The minimum atomic E-state index is 0.256. The van der Waals surface area contributed by atoms with Crippen molar-refractivity contribution < 1.29 is 5.11 Å². The summed E-state index contributed by atoms with van der Waals surface area (Å²) < 4.78 is 0. The van der Waals surface area contributed by atoms with Crippen LogP contribution in [-0.4, -0.2) is 5.11 Å². The Bertz CT molecular complexity index is 451. The maximum Gasteiger partial charge on any atom is 0.120 e. The largest absolute Gasteiger partial charge is 0.508 e. The van der Waals surface area contributed by atoms with Gasteiger partial charge in [-0.05, 0) is 23.3 Å². The fourth-order valence-corrected chi connectivity index (χ4v) is 1.67. The number of hydrogen-bond acceptors (Lipinski definition) is 1. The second-order valence-corrected chi connectivity index (χ2v) is 3.87. The van der Waals surface area contributed by atoms with Crippen LogP contribution < -0.4 is 0 Å². The molecule has 2 aromatic carbocycles. The molecule has 0 aliphatic carbocycles. The van der Waals surface area contributed by atoms with E-state index in [0.29, 0.717) is 5.02 Å². The molecule has 1 N–H and O–H groups in total. The van der Waals surface area contributed by atoms with E-state index in [-0.39, 0.29) is 5.75 Å². The molecule has 2 aromatic rings. The number of rotatable bonds is 2. The lowest BCUT2D eigenvalue weighted by Crippen LogP contribution is -1.88. The molecule has 2 heteroatoms. The molecule has 76 valence electrons. The van der Waals surface area contributed by atoms with Crippen molar-refractivity contribution in [1.82, 2.24) is 0 Å². The fraction of sp³-hybridized carbons (Fsp3) is 0.0769. The smallest absolute Gasteiger partial charge is 0.120 e. The summed E-state index contributed by atoms with van der Waals surface area (Å²) in [5.74, 6) is 0.256. The molecule has 0 amide bonds. The van der Waals surface area contributed by atoms with Gasteiger partial charge in [-0.15, -0.1) is 0 Å². The van der Waals surface area contributed by atoms with Gasteiger partial charge in [0.15, 0.2) is 0 Å². The SMILES string of the molecule is Oc1cc(Cl)ccc1Cc1ccccc1. The third-order valence-electron chi connectivity index (χ3n) is 2.28. The molecule has 2 rings (SSSR count). The van der Waals surface area contributed by atoms with E-state index >= 15 is 0 Å². The Morgan fingerprint density at radius 3 is 2.40 bits per heavy atom. The second kappa shape index (κ2) is 4.37. The summed E-state index contributed by atoms with van der Waals surface area (Å²) in [6.45, 7) is 0. The monoisotopic (exact) mass is 218 g/mol. The highest BCUT2D eigenvalue weighted by atomic mass is 35.5. The van der Waals surface area contributed by atoms with Gasteiger partial charge in [0.25, 0.3) is 0 Å². The summed E-state index contributed by atoms with van der Waals surface area (Å²) in [5.41, 5.74) is 2.07. The lowest BCUT2D eigenvalue weighted by atomic mass is 10.0. The molecule has 0 saturated carbocycles. The quantitative estimate of drug-likeness (QED) is 0.816. The van der Waals surface area contributed by atoms with Crippen LogP contribution in [-0.2, 0) is 6.42 Å². The Hall–Kier alpha value is -1.47. The number of halogens is 1. The number of hydrogen-bond donors (Lipinski definition) is 1. The minimum absolute atomic E-state index is 0.256. The van der Waals surface area contributed by atoms with Crippen molar-refractivity contribution in [3.05, 3.63) is 64.7 Å². The number of phenolic OH excluding ortho intramolecular Hbond substituents is 1. The van der Waals surface area contributed by atoms with Crippen LogP contribution in [0.15, 0.2) is 48.5 Å². The van der Waals surface area contributed by atoms with Crippen molar-refractivity contribution >= 4 is 11.6 Å². The first-order valence-electron chi connectivity index (χ1n) is 4.77. The van der Waals surface area contributed by atoms with Crippen molar-refractivity contribution in [3.8, 4) is 5.75 Å². The molecular formula is C13H11ClO. The van der Waals surface area contributed by atoms with Gasteiger partial charge in [-0.3, -0.25) is 0 Å². The lowest BCUT2D eigenvalue weighted by Gasteiger charge is -2.04. The van der Waals surface area contributed by atoms with Crippen LogP contribution in [0.25, 0.3) is 0 Å². The van der Waals surface area contributed by atoms with Crippen LogP contribution in [0.1, 0.15) is 11.1 Å². The van der Waals surface area contributed by atoms with E-state index in [4.69, 9.17) is 11.6 Å². The highest BCUT2D eigenvalue weighted by Gasteiger charge is 2.02. The maximum atomic E-state index is 9.67. The third kappa shape index (κ3) is 2.51. The molecule has 0 aliphatic heterocycles. The van der Waals surface area contributed by atoms with E-state index in [1.54, 1.807) is 12.1 Å². The predicted molar refractivity (Wildman–Crippen MR) is 62.4 cm³/mol. The van der Waals surface area contributed by atoms with Crippen LogP contribution in [0.4, 0.5) is 0 Å². The van der Waals surface area contributed by atoms with Crippen molar-refractivity contribution in [2.24, 2.45) is 0 Å². The van der Waals surface area contributed by atoms with E-state index < -0.39 is 0 Å². The van der Waals surface area contributed by atoms with Gasteiger partial charge in [0.05, 0.1) is 0 Å². The van der Waals surface area contributed by atoms with E-state index in [2.05, 4.69) is 0 Å². The average molecular weight is 219 g/mol. The van der Waals surface area contributed by atoms with Crippen molar-refractivity contribution in [2.45, 2.75) is 6.42 Å². The average Bonchev–Trinajstić information content (AvgIpc) is 2.24. The summed E-state index contributed by atoms with van der Waals surface area (Å²) in [4.78, 5) is 0. The van der Waals surface area contributed by atoms with Crippen molar-refractivity contribution in [3.63, 3.8) is 0 Å². The second-order valence-electron chi connectivity index (χ2n) is 3.44. The van der Waals surface area contributed by atoms with Gasteiger partial charge in [0.1, 0.15) is 5.75 Å². The Morgan fingerprint density at radius 2 is 1.73 bits per heavy atom. The van der Waals surface area contributed by atoms with E-state index in [1.807, 2.05) is 36.4 Å². The molecule has 1 nitrogen and oxygen atoms in total. The molecule has 0 saturated heterocycles. The minimum Gasteiger partial charge on any atom is -0.508 e. The molecule has 0 bridgehead atoms. The zero-order valence-electron chi connectivity index (χ0n) is 8.15. The Labute approximate surface area is 94.0 Å². The van der Waals surface area contributed by atoms with Crippen LogP contribution in [0, 0.1) is 0 Å². The molecule has 0 aromatic heterocycles. The van der Waals surface area contributed by atoms with E-state index in [9.17, 15) is 5.11 Å². The van der Waals surface area contributed by atoms with Gasteiger partial charge in [0.2, 0.25) is 0 Å². The molecule has 15 heavy (non-hydrogen) atoms. The molecular weight excluding hydrogens is 208 g/mol. The highest BCUT2D eigenvalue weighted by Crippen LogP contribution is 2.24. The van der Waals surface area contributed by atoms with Crippen LogP contribution >= 0.6 is 11.6 Å². The zero-order valence-corrected chi connectivity index (χ0v) is 8.91. The summed E-state index contributed by atoms with van der Waals surface area (Å²) in [6.07, 6.45) is 0.726. The molecule has 0 unspecified atom stereocenters. The standard InChI is InChI=1S/C13H11ClO/c14-12-7-6-11(13(15)9-12)8-10-4-2-1-3-5-10/h1-7,9,15H,8H2. The van der Waals surface area contributed by atoms with Gasteiger partial charge in [-0.2, -0.15) is 0 Å². The Balaban J connectivity index is 2.25. The first-order valence-corrected chi connectivity index (χ1v) is 5.15. The predicted octanol–water partition coefficient (Wildman–Crippen LogP) is 3.64. The number of benzene rings is 2. The molecule has 0 fully saturated rings. The molecule has 0 atom stereocenters. The fourth-order valence-electron chi connectivity index (χ4n) is 1.50. The van der Waals surface area contributed by atoms with Gasteiger partial charge >= 0.3 is 0 Å². The van der Waals surface area contributed by atoms with Crippen molar-refractivity contribution in [2.75, 3.05) is 0 Å². The van der Waals surface area contributed by atoms with Crippen molar-refractivity contribution in [1.29, 1.82) is 0 Å². The van der Waals surface area contributed by atoms with Gasteiger partial charge < -0.3 is 5.11 Å². The lowest BCUT2D eigenvalue weighted by molar-refractivity contribution is 0.469.